The average molecular weight is 794 g/mol. The van der Waals surface area contributed by atoms with E-state index in [1.807, 2.05) is 26.8 Å². The van der Waals surface area contributed by atoms with Crippen LogP contribution < -0.4 is 31.9 Å². The van der Waals surface area contributed by atoms with E-state index in [-0.39, 0.29) is 54.0 Å². The summed E-state index contributed by atoms with van der Waals surface area (Å²) >= 11 is 0. The Kier molecular flexibility index (Phi) is 10.4. The lowest BCUT2D eigenvalue weighted by molar-refractivity contribution is -0.135. The van der Waals surface area contributed by atoms with Crippen LogP contribution in [0.15, 0.2) is 41.2 Å². The Morgan fingerprint density at radius 1 is 0.948 bits per heavy atom. The lowest BCUT2D eigenvalue weighted by atomic mass is 10.0. The maximum absolute atomic E-state index is 15.7. The highest BCUT2D eigenvalue weighted by molar-refractivity contribution is 6.00. The van der Waals surface area contributed by atoms with E-state index in [1.54, 1.807) is 37.2 Å². The molecule has 0 aliphatic carbocycles. The molecule has 0 saturated carbocycles. The molecule has 4 N–H and O–H groups in total. The maximum Gasteiger partial charge on any atom is 0.329 e. The normalized spacial score (nSPS) is 20.4. The van der Waals surface area contributed by atoms with Gasteiger partial charge in [0, 0.05) is 84.1 Å². The van der Waals surface area contributed by atoms with Gasteiger partial charge in [0.15, 0.2) is 11.5 Å². The number of nitrogens with one attached hydrogen (secondary N) is 2. The number of likely N-dealkylation sites (N-methyl/N-ethyl adjacent to an activating group) is 1. The number of primary amides is 1. The zero-order chi connectivity index (χ0) is 40.7. The Labute approximate surface area is 332 Å². The Bertz CT molecular complexity index is 2430. The standard InChI is InChI=1S/C39H44FN13O5/c1-47-15-20-52(38(47)57)26-6-4-14-51(23-26)37-44-35(33(34(41)55)45-46-37)42-25-8-10-28(27(40)22-25)50-18-16-49(17-19-50)13-3-5-24-7-9-29-31(21-24)48(2)39(58)53(29)30-11-12-32(54)43-36(30)56/h7-10,21-22,26,30H,4,6,11-20,23H2,1-2H3,(H2,41,55)(H,42,44,46)(H,43,54,56). The van der Waals surface area contributed by atoms with Crippen molar-refractivity contribution in [3.63, 3.8) is 0 Å². The summed E-state index contributed by atoms with van der Waals surface area (Å²) in [6.45, 7) is 5.48. The minimum absolute atomic E-state index is 0.0000514. The molecule has 2 atom stereocenters. The zero-order valence-corrected chi connectivity index (χ0v) is 32.3. The molecule has 0 bridgehead atoms. The number of urea groups is 1. The van der Waals surface area contributed by atoms with Crippen LogP contribution in [0.1, 0.15) is 47.8 Å². The number of aromatic nitrogens is 5. The molecule has 4 aliphatic heterocycles. The number of benzene rings is 2. The third-order valence-electron chi connectivity index (χ3n) is 11.3. The molecule has 302 valence electrons. The summed E-state index contributed by atoms with van der Waals surface area (Å²) in [6, 6.07) is 9.39. The van der Waals surface area contributed by atoms with Crippen LogP contribution in [0.4, 0.5) is 32.3 Å². The molecule has 4 fully saturated rings. The van der Waals surface area contributed by atoms with Crippen LogP contribution >= 0.6 is 0 Å². The molecule has 4 aliphatic rings. The fourth-order valence-corrected chi connectivity index (χ4v) is 8.15. The number of halogens is 1. The van der Waals surface area contributed by atoms with Gasteiger partial charge in [-0.1, -0.05) is 11.8 Å². The van der Waals surface area contributed by atoms with E-state index in [1.165, 1.54) is 15.2 Å². The summed E-state index contributed by atoms with van der Waals surface area (Å²) in [7, 11) is 3.43. The number of carbonyl (C=O) groups is 4. The van der Waals surface area contributed by atoms with Gasteiger partial charge in [0.05, 0.1) is 29.3 Å². The first-order valence-electron chi connectivity index (χ1n) is 19.3. The van der Waals surface area contributed by atoms with Gasteiger partial charge in [-0.2, -0.15) is 4.98 Å². The Morgan fingerprint density at radius 2 is 1.76 bits per heavy atom. The summed E-state index contributed by atoms with van der Waals surface area (Å²) in [6.07, 6.45) is 2.12. The number of fused-ring (bicyclic) bond motifs is 1. The number of nitrogens with zero attached hydrogens (tertiary/aromatic N) is 10. The first kappa shape index (κ1) is 38.3. The first-order valence-corrected chi connectivity index (χ1v) is 19.3. The molecule has 18 nitrogen and oxygen atoms in total. The van der Waals surface area contributed by atoms with Gasteiger partial charge in [-0.25, -0.2) is 14.0 Å². The number of piperidine rings is 2. The average Bonchev–Trinajstić information content (AvgIpc) is 3.67. The van der Waals surface area contributed by atoms with Gasteiger partial charge in [0.25, 0.3) is 5.91 Å². The number of piperazine rings is 1. The van der Waals surface area contributed by atoms with Crippen molar-refractivity contribution in [2.75, 3.05) is 81.1 Å². The molecule has 2 aromatic heterocycles. The van der Waals surface area contributed by atoms with Crippen molar-refractivity contribution in [1.29, 1.82) is 0 Å². The van der Waals surface area contributed by atoms with Crippen LogP contribution in [0.2, 0.25) is 0 Å². The second kappa shape index (κ2) is 15.8. The molecule has 4 saturated heterocycles. The molecule has 6 heterocycles. The highest BCUT2D eigenvalue weighted by Gasteiger charge is 2.35. The van der Waals surface area contributed by atoms with Crippen molar-refractivity contribution in [3.05, 3.63) is 64.0 Å². The Balaban J connectivity index is 0.885. The van der Waals surface area contributed by atoms with Gasteiger partial charge < -0.3 is 30.7 Å². The number of hydrogen-bond donors (Lipinski definition) is 3. The highest BCUT2D eigenvalue weighted by Crippen LogP contribution is 2.29. The Morgan fingerprint density at radius 3 is 2.48 bits per heavy atom. The third kappa shape index (κ3) is 7.49. The van der Waals surface area contributed by atoms with Crippen molar-refractivity contribution in [2.24, 2.45) is 12.8 Å². The number of hydrogen-bond acceptors (Lipinski definition) is 12. The first-order chi connectivity index (χ1) is 27.9. The molecule has 0 radical (unpaired) electrons. The summed E-state index contributed by atoms with van der Waals surface area (Å²) < 4.78 is 18.6. The van der Waals surface area contributed by atoms with Gasteiger partial charge in [-0.15, -0.1) is 10.2 Å². The van der Waals surface area contributed by atoms with Crippen molar-refractivity contribution in [1.82, 2.24) is 44.3 Å². The van der Waals surface area contributed by atoms with Crippen molar-refractivity contribution in [3.8, 4) is 11.8 Å². The van der Waals surface area contributed by atoms with Crippen LogP contribution in [0.25, 0.3) is 11.0 Å². The van der Waals surface area contributed by atoms with Crippen molar-refractivity contribution < 1.29 is 23.6 Å². The maximum atomic E-state index is 15.7. The fourth-order valence-electron chi connectivity index (χ4n) is 8.15. The van der Waals surface area contributed by atoms with Gasteiger partial charge in [-0.3, -0.25) is 33.7 Å². The van der Waals surface area contributed by atoms with Crippen LogP contribution in [-0.4, -0.2) is 135 Å². The molecule has 5 amide bonds. The van der Waals surface area contributed by atoms with E-state index < -0.39 is 23.7 Å². The lowest BCUT2D eigenvalue weighted by Gasteiger charge is -2.37. The molecular formula is C39H44FN13O5. The number of amides is 5. The predicted octanol–water partition coefficient (Wildman–Crippen LogP) is 0.994. The zero-order valence-electron chi connectivity index (χ0n) is 32.3. The summed E-state index contributed by atoms with van der Waals surface area (Å²) in [5.74, 6) is 4.65. The van der Waals surface area contributed by atoms with Crippen molar-refractivity contribution in [2.45, 2.75) is 37.8 Å². The summed E-state index contributed by atoms with van der Waals surface area (Å²) in [4.78, 5) is 76.4. The monoisotopic (exact) mass is 793 g/mol. The number of carbonyl (C=O) groups excluding carboxylic acids is 4. The SMILES string of the molecule is CN1CCN(C2CCCN(c3nnc(C(N)=O)c(Nc4ccc(N5CCN(CC#Cc6ccc7c(c6)n(C)c(=O)n7C6CCC(=O)NC6=O)CC5)c(F)c4)n3)C2)C1=O. The molecule has 2 unspecified atom stereocenters. The van der Waals surface area contributed by atoms with Crippen LogP contribution in [0, 0.1) is 17.7 Å². The second-order valence-electron chi connectivity index (χ2n) is 15.1. The number of rotatable bonds is 8. The molecule has 2 aromatic carbocycles. The minimum Gasteiger partial charge on any atom is -0.367 e. The number of aryl methyl sites for hydroxylation is 1. The molecule has 8 rings (SSSR count). The van der Waals surface area contributed by atoms with Gasteiger partial charge >= 0.3 is 11.7 Å². The number of imidazole rings is 1. The van der Waals surface area contributed by atoms with Crippen LogP contribution in [0.3, 0.4) is 0 Å². The smallest absolute Gasteiger partial charge is 0.329 e. The van der Waals surface area contributed by atoms with Gasteiger partial charge in [-0.05, 0) is 55.7 Å². The van der Waals surface area contributed by atoms with Gasteiger partial charge in [0.1, 0.15) is 11.9 Å². The van der Waals surface area contributed by atoms with E-state index in [0.29, 0.717) is 81.3 Å². The highest BCUT2D eigenvalue weighted by atomic mass is 19.1. The topological polar surface area (TPSA) is 200 Å². The van der Waals surface area contributed by atoms with Crippen LogP contribution in [-0.2, 0) is 16.6 Å². The van der Waals surface area contributed by atoms with Crippen LogP contribution in [0.5, 0.6) is 0 Å². The van der Waals surface area contributed by atoms with E-state index in [9.17, 15) is 24.0 Å². The lowest BCUT2D eigenvalue weighted by Crippen LogP contribution is -2.49. The number of nitrogens with two attached hydrogens (primary N) is 1. The number of anilines is 4. The third-order valence-corrected chi connectivity index (χ3v) is 11.3. The minimum atomic E-state index is -0.828. The van der Waals surface area contributed by atoms with Crippen molar-refractivity contribution >= 4 is 57.9 Å². The summed E-state index contributed by atoms with van der Waals surface area (Å²) in [5.41, 5.74) is 7.86. The Hall–Kier alpha value is -6.55. The van der Waals surface area contributed by atoms with E-state index in [4.69, 9.17) is 5.73 Å². The molecular weight excluding hydrogens is 750 g/mol. The largest absolute Gasteiger partial charge is 0.367 e. The summed E-state index contributed by atoms with van der Waals surface area (Å²) in [5, 5.41) is 13.6. The van der Waals surface area contributed by atoms with E-state index >= 15 is 4.39 Å². The van der Waals surface area contributed by atoms with E-state index in [0.717, 1.165) is 18.4 Å². The van der Waals surface area contributed by atoms with E-state index in [2.05, 4.69) is 42.6 Å². The second-order valence-corrected chi connectivity index (χ2v) is 15.1. The molecule has 19 heteroatoms. The van der Waals surface area contributed by atoms with Gasteiger partial charge in [0.2, 0.25) is 17.8 Å². The quantitative estimate of drug-likeness (QED) is 0.169. The molecule has 0 spiro atoms. The number of imide groups is 1. The fraction of sp³-hybridized carbons (Fsp3) is 0.436. The molecule has 4 aromatic rings. The predicted molar refractivity (Wildman–Crippen MR) is 212 cm³/mol. The molecule has 58 heavy (non-hydrogen) atoms.